The highest BCUT2D eigenvalue weighted by Crippen LogP contribution is 2.24. The van der Waals surface area contributed by atoms with Gasteiger partial charge in [-0.2, -0.15) is 0 Å². The first-order valence-corrected chi connectivity index (χ1v) is 9.41. The van der Waals surface area contributed by atoms with E-state index in [-0.39, 0.29) is 11.7 Å². The number of benzene rings is 2. The van der Waals surface area contributed by atoms with Crippen molar-refractivity contribution in [2.45, 2.75) is 12.1 Å². The first-order chi connectivity index (χ1) is 12.6. The highest BCUT2D eigenvalue weighted by Gasteiger charge is 2.17. The zero-order valence-corrected chi connectivity index (χ0v) is 15.7. The number of nitrogens with zero attached hydrogens (tertiary/aromatic N) is 4. The molecule has 2 aromatic carbocycles. The van der Waals surface area contributed by atoms with Gasteiger partial charge in [-0.15, -0.1) is 10.2 Å². The van der Waals surface area contributed by atoms with Crippen molar-refractivity contribution in [1.82, 2.24) is 14.9 Å². The van der Waals surface area contributed by atoms with E-state index in [0.29, 0.717) is 22.5 Å². The van der Waals surface area contributed by atoms with Crippen LogP contribution in [0.5, 0.6) is 0 Å². The third-order valence-corrected chi connectivity index (χ3v) is 4.92. The van der Waals surface area contributed by atoms with Crippen molar-refractivity contribution in [3.8, 4) is 11.4 Å². The van der Waals surface area contributed by atoms with Crippen molar-refractivity contribution in [1.29, 1.82) is 0 Å². The molecule has 0 unspecified atom stereocenters. The van der Waals surface area contributed by atoms with Crippen LogP contribution in [0.3, 0.4) is 0 Å². The predicted molar refractivity (Wildman–Crippen MR) is 106 cm³/mol. The molecule has 0 bridgehead atoms. The zero-order chi connectivity index (χ0) is 18.5. The van der Waals surface area contributed by atoms with Crippen molar-refractivity contribution < 1.29 is 4.79 Å². The van der Waals surface area contributed by atoms with Crippen LogP contribution in [-0.4, -0.2) is 33.1 Å². The lowest BCUT2D eigenvalue weighted by Crippen LogP contribution is -2.32. The van der Waals surface area contributed by atoms with Gasteiger partial charge in [0.05, 0.1) is 5.75 Å². The van der Waals surface area contributed by atoms with Crippen LogP contribution in [0, 0.1) is 0 Å². The summed E-state index contributed by atoms with van der Waals surface area (Å²) in [5.41, 5.74) is 1.64. The van der Waals surface area contributed by atoms with E-state index in [1.54, 1.807) is 17.0 Å². The second-order valence-electron chi connectivity index (χ2n) is 5.45. The summed E-state index contributed by atoms with van der Waals surface area (Å²) in [7, 11) is 0. The van der Waals surface area contributed by atoms with Gasteiger partial charge in [-0.05, 0) is 31.2 Å². The lowest BCUT2D eigenvalue weighted by atomic mass is 10.2. The highest BCUT2D eigenvalue weighted by atomic mass is 35.5. The number of aromatic nitrogens is 3. The second-order valence-corrected chi connectivity index (χ2v) is 6.83. The number of anilines is 1. The molecule has 0 saturated carbocycles. The van der Waals surface area contributed by atoms with Gasteiger partial charge in [0, 0.05) is 22.8 Å². The van der Waals surface area contributed by atoms with E-state index in [1.807, 2.05) is 49.4 Å². The number of carbonyl (C=O) groups is 1. The molecule has 3 aromatic rings. The Hall–Kier alpha value is -2.51. The molecule has 0 saturated heterocycles. The quantitative estimate of drug-likeness (QED) is 0.517. The Morgan fingerprint density at radius 1 is 1.19 bits per heavy atom. The predicted octanol–water partition coefficient (Wildman–Crippen LogP) is 3.46. The van der Waals surface area contributed by atoms with Crippen LogP contribution < -0.4 is 10.7 Å². The maximum atomic E-state index is 12.6. The molecule has 1 amide bonds. The van der Waals surface area contributed by atoms with Gasteiger partial charge in [0.2, 0.25) is 11.1 Å². The van der Waals surface area contributed by atoms with E-state index < -0.39 is 0 Å². The number of hydrogen-bond donors (Lipinski definition) is 1. The smallest absolute Gasteiger partial charge is 0.237 e. The number of thioether (sulfide) groups is 1. The van der Waals surface area contributed by atoms with Crippen LogP contribution in [-0.2, 0) is 4.79 Å². The Balaban J connectivity index is 1.71. The van der Waals surface area contributed by atoms with Crippen molar-refractivity contribution in [2.75, 3.05) is 23.0 Å². The minimum absolute atomic E-state index is 0.0176. The molecule has 26 heavy (non-hydrogen) atoms. The maximum absolute atomic E-state index is 12.6. The molecule has 0 aliphatic rings. The summed E-state index contributed by atoms with van der Waals surface area (Å²) < 4.78 is 1.38. The maximum Gasteiger partial charge on any atom is 0.237 e. The van der Waals surface area contributed by atoms with Crippen molar-refractivity contribution >= 4 is 35.0 Å². The SMILES string of the molecule is CCN(C(=O)CSc1nnc(-c2cccc(Cl)c2)n1N)c1ccccc1. The Kier molecular flexibility index (Phi) is 5.80. The number of nitrogens with two attached hydrogens (primary N) is 1. The van der Waals surface area contributed by atoms with E-state index in [2.05, 4.69) is 10.2 Å². The van der Waals surface area contributed by atoms with E-state index in [4.69, 9.17) is 17.4 Å². The van der Waals surface area contributed by atoms with Gasteiger partial charge in [0.15, 0.2) is 5.82 Å². The molecule has 8 heteroatoms. The fourth-order valence-electron chi connectivity index (χ4n) is 2.51. The summed E-state index contributed by atoms with van der Waals surface area (Å²) in [4.78, 5) is 14.3. The van der Waals surface area contributed by atoms with Gasteiger partial charge >= 0.3 is 0 Å². The zero-order valence-electron chi connectivity index (χ0n) is 14.2. The fraction of sp³-hybridized carbons (Fsp3) is 0.167. The number of para-hydroxylation sites is 1. The topological polar surface area (TPSA) is 77.0 Å². The normalized spacial score (nSPS) is 10.7. The summed E-state index contributed by atoms with van der Waals surface area (Å²) in [6.45, 7) is 2.53. The highest BCUT2D eigenvalue weighted by molar-refractivity contribution is 7.99. The van der Waals surface area contributed by atoms with Gasteiger partial charge in [-0.1, -0.05) is 53.7 Å². The Labute approximate surface area is 160 Å². The van der Waals surface area contributed by atoms with Crippen LogP contribution in [0.4, 0.5) is 5.69 Å². The van der Waals surface area contributed by atoms with Crippen LogP contribution in [0.15, 0.2) is 59.8 Å². The van der Waals surface area contributed by atoms with Gasteiger partial charge in [-0.25, -0.2) is 4.68 Å². The average molecular weight is 388 g/mol. The van der Waals surface area contributed by atoms with Gasteiger partial charge in [0.25, 0.3) is 0 Å². The molecule has 0 aliphatic carbocycles. The molecule has 0 fully saturated rings. The molecule has 0 spiro atoms. The molecule has 2 N–H and O–H groups in total. The molecular formula is C18H18ClN5OS. The number of amides is 1. The molecule has 6 nitrogen and oxygen atoms in total. The standard InChI is InChI=1S/C18H18ClN5OS/c1-2-23(15-9-4-3-5-10-15)16(25)12-26-18-22-21-17(24(18)20)13-7-6-8-14(19)11-13/h3-11H,2,12,20H2,1H3. The van der Waals surface area contributed by atoms with E-state index in [9.17, 15) is 4.79 Å². The minimum Gasteiger partial charge on any atom is -0.335 e. The summed E-state index contributed by atoms with van der Waals surface area (Å²) in [5, 5.41) is 9.26. The number of hydrogen-bond acceptors (Lipinski definition) is 5. The molecule has 1 aromatic heterocycles. The second kappa shape index (κ2) is 8.25. The number of rotatable bonds is 6. The Bertz CT molecular complexity index is 900. The van der Waals surface area contributed by atoms with Crippen LogP contribution in [0.1, 0.15) is 6.92 Å². The Morgan fingerprint density at radius 3 is 2.65 bits per heavy atom. The summed E-state index contributed by atoms with van der Waals surface area (Å²) >= 11 is 7.27. The monoisotopic (exact) mass is 387 g/mol. The first-order valence-electron chi connectivity index (χ1n) is 8.04. The lowest BCUT2D eigenvalue weighted by Gasteiger charge is -2.20. The van der Waals surface area contributed by atoms with Crippen molar-refractivity contribution in [3.05, 3.63) is 59.6 Å². The van der Waals surface area contributed by atoms with Crippen molar-refractivity contribution in [3.63, 3.8) is 0 Å². The molecular weight excluding hydrogens is 370 g/mol. The number of halogens is 1. The van der Waals surface area contributed by atoms with Gasteiger partial charge < -0.3 is 10.7 Å². The molecule has 1 heterocycles. The fourth-order valence-corrected chi connectivity index (χ4v) is 3.44. The molecule has 3 rings (SSSR count). The summed E-state index contributed by atoms with van der Waals surface area (Å²) in [6, 6.07) is 16.8. The van der Waals surface area contributed by atoms with Crippen molar-refractivity contribution in [2.24, 2.45) is 0 Å². The van der Waals surface area contributed by atoms with E-state index in [1.165, 1.54) is 16.4 Å². The molecule has 0 aliphatic heterocycles. The van der Waals surface area contributed by atoms with Crippen LogP contribution >= 0.6 is 23.4 Å². The van der Waals surface area contributed by atoms with E-state index in [0.717, 1.165) is 11.3 Å². The lowest BCUT2D eigenvalue weighted by molar-refractivity contribution is -0.116. The third-order valence-electron chi connectivity index (χ3n) is 3.76. The summed E-state index contributed by atoms with van der Waals surface area (Å²) in [5.74, 6) is 6.79. The first kappa shape index (κ1) is 18.3. The minimum atomic E-state index is -0.0176. The largest absolute Gasteiger partial charge is 0.335 e. The molecule has 0 radical (unpaired) electrons. The molecule has 134 valence electrons. The Morgan fingerprint density at radius 2 is 1.96 bits per heavy atom. The van der Waals surface area contributed by atoms with Crippen LogP contribution in [0.2, 0.25) is 5.02 Å². The summed E-state index contributed by atoms with van der Waals surface area (Å²) in [6.07, 6.45) is 0. The van der Waals surface area contributed by atoms with Crippen LogP contribution in [0.25, 0.3) is 11.4 Å². The van der Waals surface area contributed by atoms with Gasteiger partial charge in [-0.3, -0.25) is 4.79 Å². The third kappa shape index (κ3) is 4.00. The van der Waals surface area contributed by atoms with Gasteiger partial charge in [0.1, 0.15) is 0 Å². The average Bonchev–Trinajstić information content (AvgIpc) is 3.02. The molecule has 0 atom stereocenters. The number of nitrogen functional groups attached to an aromatic ring is 1. The van der Waals surface area contributed by atoms with E-state index >= 15 is 0 Å². The number of carbonyl (C=O) groups excluding carboxylic acids is 1.